The molecule has 1 unspecified atom stereocenters. The molecule has 160 valence electrons. The number of para-hydroxylation sites is 1. The smallest absolute Gasteiger partial charge is 0.262 e. The van der Waals surface area contributed by atoms with Crippen LogP contribution < -0.4 is 15.0 Å². The molecule has 1 aliphatic rings. The fraction of sp³-hybridized carbons (Fsp3) is 0.154. The summed E-state index contributed by atoms with van der Waals surface area (Å²) in [5.74, 6) is 0.727. The second kappa shape index (κ2) is 8.59. The van der Waals surface area contributed by atoms with Gasteiger partial charge in [-0.25, -0.2) is 0 Å². The molecule has 4 aromatic rings. The van der Waals surface area contributed by atoms with Gasteiger partial charge in [-0.05, 0) is 48.9 Å². The maximum atomic E-state index is 13.5. The van der Waals surface area contributed by atoms with Gasteiger partial charge in [0.25, 0.3) is 5.91 Å². The van der Waals surface area contributed by atoms with E-state index in [1.54, 1.807) is 4.90 Å². The fourth-order valence-corrected chi connectivity index (χ4v) is 4.00. The minimum Gasteiger partial charge on any atom is -0.494 e. The minimum absolute atomic E-state index is 0.0516. The normalized spacial score (nSPS) is 15.2. The average molecular weight is 425 g/mol. The Bertz CT molecular complexity index is 1220. The maximum absolute atomic E-state index is 13.5. The SMILES string of the molecule is CCOc1ccc(N2C(=O)c3ccccc3NC2c2cnn(Cc3ccccc3)c2)cc1. The summed E-state index contributed by atoms with van der Waals surface area (Å²) in [6.07, 6.45) is 3.44. The number of amides is 1. The van der Waals surface area contributed by atoms with Crippen LogP contribution in [-0.4, -0.2) is 22.3 Å². The number of rotatable bonds is 6. The zero-order valence-corrected chi connectivity index (χ0v) is 17.8. The van der Waals surface area contributed by atoms with E-state index in [4.69, 9.17) is 4.74 Å². The second-order valence-corrected chi connectivity index (χ2v) is 7.65. The zero-order valence-electron chi connectivity index (χ0n) is 17.8. The Morgan fingerprint density at radius 1 is 0.969 bits per heavy atom. The van der Waals surface area contributed by atoms with Crippen molar-refractivity contribution in [1.82, 2.24) is 9.78 Å². The number of hydrogen-bond acceptors (Lipinski definition) is 4. The van der Waals surface area contributed by atoms with Gasteiger partial charge in [0.1, 0.15) is 11.9 Å². The first kappa shape index (κ1) is 19.9. The lowest BCUT2D eigenvalue weighted by molar-refractivity contribution is 0.0975. The van der Waals surface area contributed by atoms with Crippen molar-refractivity contribution in [2.45, 2.75) is 19.6 Å². The van der Waals surface area contributed by atoms with E-state index in [9.17, 15) is 4.79 Å². The zero-order chi connectivity index (χ0) is 21.9. The van der Waals surface area contributed by atoms with Crippen LogP contribution in [-0.2, 0) is 6.54 Å². The van der Waals surface area contributed by atoms with Gasteiger partial charge in [-0.1, -0.05) is 42.5 Å². The van der Waals surface area contributed by atoms with E-state index in [0.717, 1.165) is 22.7 Å². The predicted molar refractivity (Wildman–Crippen MR) is 125 cm³/mol. The number of carbonyl (C=O) groups excluding carboxylic acids is 1. The van der Waals surface area contributed by atoms with Gasteiger partial charge >= 0.3 is 0 Å². The molecule has 0 radical (unpaired) electrons. The standard InChI is InChI=1S/C26H24N4O2/c1-2-32-22-14-12-21(13-15-22)30-25(28-24-11-7-6-10-23(24)26(30)31)20-16-27-29(18-20)17-19-8-4-3-5-9-19/h3-16,18,25,28H,2,17H2,1H3. The number of aromatic nitrogens is 2. The van der Waals surface area contributed by atoms with Crippen molar-refractivity contribution in [3.8, 4) is 5.75 Å². The Morgan fingerprint density at radius 2 is 1.72 bits per heavy atom. The number of nitrogens with one attached hydrogen (secondary N) is 1. The van der Waals surface area contributed by atoms with Gasteiger partial charge in [0.05, 0.1) is 24.9 Å². The topological polar surface area (TPSA) is 59.4 Å². The molecule has 0 bridgehead atoms. The molecule has 0 spiro atoms. The molecule has 0 saturated carbocycles. The van der Waals surface area contributed by atoms with Crippen LogP contribution in [0.2, 0.25) is 0 Å². The third kappa shape index (κ3) is 3.83. The van der Waals surface area contributed by atoms with E-state index in [2.05, 4.69) is 22.5 Å². The molecule has 32 heavy (non-hydrogen) atoms. The molecular formula is C26H24N4O2. The molecule has 5 rings (SSSR count). The van der Waals surface area contributed by atoms with Gasteiger partial charge in [-0.3, -0.25) is 14.4 Å². The molecule has 2 heterocycles. The van der Waals surface area contributed by atoms with E-state index in [1.807, 2.05) is 90.7 Å². The molecule has 0 aliphatic carbocycles. The lowest BCUT2D eigenvalue weighted by Gasteiger charge is -2.37. The van der Waals surface area contributed by atoms with Crippen LogP contribution in [0.3, 0.4) is 0 Å². The molecule has 1 atom stereocenters. The Hall–Kier alpha value is -4.06. The second-order valence-electron chi connectivity index (χ2n) is 7.65. The molecule has 6 heteroatoms. The molecule has 0 fully saturated rings. The van der Waals surface area contributed by atoms with Gasteiger partial charge in [-0.15, -0.1) is 0 Å². The van der Waals surface area contributed by atoms with Gasteiger partial charge in [0.2, 0.25) is 0 Å². The van der Waals surface area contributed by atoms with Gasteiger partial charge in [0, 0.05) is 23.1 Å². The van der Waals surface area contributed by atoms with Crippen molar-refractivity contribution in [2.75, 3.05) is 16.8 Å². The van der Waals surface area contributed by atoms with Crippen LogP contribution in [0.4, 0.5) is 11.4 Å². The minimum atomic E-state index is -0.375. The number of hydrogen-bond donors (Lipinski definition) is 1. The summed E-state index contributed by atoms with van der Waals surface area (Å²) < 4.78 is 7.47. The van der Waals surface area contributed by atoms with Crippen molar-refractivity contribution in [3.63, 3.8) is 0 Å². The summed E-state index contributed by atoms with van der Waals surface area (Å²) in [4.78, 5) is 15.3. The molecule has 1 aromatic heterocycles. The third-order valence-corrected chi connectivity index (χ3v) is 5.51. The highest BCUT2D eigenvalue weighted by Crippen LogP contribution is 2.37. The molecular weight excluding hydrogens is 400 g/mol. The number of ether oxygens (including phenoxy) is 1. The molecule has 0 saturated heterocycles. The van der Waals surface area contributed by atoms with Crippen LogP contribution in [0.25, 0.3) is 0 Å². The first-order valence-corrected chi connectivity index (χ1v) is 10.7. The molecule has 1 N–H and O–H groups in total. The Balaban J connectivity index is 1.50. The van der Waals surface area contributed by atoms with E-state index >= 15 is 0 Å². The summed E-state index contributed by atoms with van der Waals surface area (Å²) in [7, 11) is 0. The summed E-state index contributed by atoms with van der Waals surface area (Å²) in [5, 5.41) is 8.08. The maximum Gasteiger partial charge on any atom is 0.262 e. The van der Waals surface area contributed by atoms with E-state index in [0.29, 0.717) is 18.7 Å². The largest absolute Gasteiger partial charge is 0.494 e. The van der Waals surface area contributed by atoms with Crippen molar-refractivity contribution >= 4 is 17.3 Å². The fourth-order valence-electron chi connectivity index (χ4n) is 4.00. The number of anilines is 2. The van der Waals surface area contributed by atoms with E-state index in [1.165, 1.54) is 5.56 Å². The highest BCUT2D eigenvalue weighted by Gasteiger charge is 2.34. The summed E-state index contributed by atoms with van der Waals surface area (Å²) in [5.41, 5.74) is 4.34. The first-order chi connectivity index (χ1) is 15.7. The monoisotopic (exact) mass is 424 g/mol. The highest BCUT2D eigenvalue weighted by atomic mass is 16.5. The van der Waals surface area contributed by atoms with E-state index < -0.39 is 0 Å². The highest BCUT2D eigenvalue weighted by molar-refractivity contribution is 6.12. The number of carbonyl (C=O) groups is 1. The molecule has 3 aromatic carbocycles. The third-order valence-electron chi connectivity index (χ3n) is 5.51. The Kier molecular flexibility index (Phi) is 5.34. The van der Waals surface area contributed by atoms with E-state index in [-0.39, 0.29) is 12.1 Å². The van der Waals surface area contributed by atoms with Crippen molar-refractivity contribution in [2.24, 2.45) is 0 Å². The van der Waals surface area contributed by atoms with Crippen LogP contribution in [0.5, 0.6) is 5.75 Å². The lowest BCUT2D eigenvalue weighted by atomic mass is 10.0. The first-order valence-electron chi connectivity index (χ1n) is 10.7. The Morgan fingerprint density at radius 3 is 2.50 bits per heavy atom. The molecule has 1 amide bonds. The van der Waals surface area contributed by atoms with Crippen LogP contribution >= 0.6 is 0 Å². The number of fused-ring (bicyclic) bond motifs is 1. The van der Waals surface area contributed by atoms with Crippen molar-refractivity contribution in [1.29, 1.82) is 0 Å². The van der Waals surface area contributed by atoms with Crippen LogP contribution in [0, 0.1) is 0 Å². The summed E-state index contributed by atoms with van der Waals surface area (Å²) in [6.45, 7) is 3.22. The summed E-state index contributed by atoms with van der Waals surface area (Å²) in [6, 6.07) is 25.4. The summed E-state index contributed by atoms with van der Waals surface area (Å²) >= 11 is 0. The Labute approximate surface area is 187 Å². The van der Waals surface area contributed by atoms with Crippen molar-refractivity contribution in [3.05, 3.63) is 108 Å². The average Bonchev–Trinajstić information content (AvgIpc) is 3.29. The predicted octanol–water partition coefficient (Wildman–Crippen LogP) is 5.10. The van der Waals surface area contributed by atoms with Gasteiger partial charge < -0.3 is 10.1 Å². The quantitative estimate of drug-likeness (QED) is 0.468. The number of nitrogens with zero attached hydrogens (tertiary/aromatic N) is 3. The van der Waals surface area contributed by atoms with Crippen LogP contribution in [0.1, 0.15) is 34.6 Å². The van der Waals surface area contributed by atoms with Crippen molar-refractivity contribution < 1.29 is 9.53 Å². The molecule has 1 aliphatic heterocycles. The van der Waals surface area contributed by atoms with Gasteiger partial charge in [0.15, 0.2) is 0 Å². The van der Waals surface area contributed by atoms with Crippen LogP contribution in [0.15, 0.2) is 91.3 Å². The number of benzene rings is 3. The molecule has 6 nitrogen and oxygen atoms in total. The van der Waals surface area contributed by atoms with Gasteiger partial charge in [-0.2, -0.15) is 5.10 Å². The lowest BCUT2D eigenvalue weighted by Crippen LogP contribution is -2.43.